The lowest BCUT2D eigenvalue weighted by molar-refractivity contribution is 0.625. The van der Waals surface area contributed by atoms with Crippen LogP contribution < -0.4 is 5.73 Å². The average molecular weight is 219 g/mol. The number of nitrogens with zero attached hydrogens (tertiary/aromatic N) is 2. The van der Waals surface area contributed by atoms with Crippen LogP contribution in [0.2, 0.25) is 0 Å². The highest BCUT2D eigenvalue weighted by molar-refractivity contribution is 5.65. The molecule has 2 N–H and O–H groups in total. The molecule has 0 aliphatic carbocycles. The van der Waals surface area contributed by atoms with Crippen molar-refractivity contribution in [3.8, 4) is 11.1 Å². The van der Waals surface area contributed by atoms with Gasteiger partial charge in [0, 0.05) is 24.8 Å². The van der Waals surface area contributed by atoms with Crippen LogP contribution in [0.15, 0.2) is 30.6 Å². The summed E-state index contributed by atoms with van der Waals surface area (Å²) in [6.07, 6.45) is 3.71. The molecule has 0 atom stereocenters. The van der Waals surface area contributed by atoms with Gasteiger partial charge in [-0.25, -0.2) is 4.39 Å². The monoisotopic (exact) mass is 219 g/mol. The van der Waals surface area contributed by atoms with Crippen LogP contribution in [0, 0.1) is 5.82 Å². The van der Waals surface area contributed by atoms with E-state index in [9.17, 15) is 4.39 Å². The van der Waals surface area contributed by atoms with Gasteiger partial charge in [-0.2, -0.15) is 5.10 Å². The third-order valence-electron chi connectivity index (χ3n) is 2.56. The number of halogens is 1. The van der Waals surface area contributed by atoms with Crippen molar-refractivity contribution >= 4 is 0 Å². The standard InChI is InChI=1S/C12H14FN3/c1-2-16-8-10(7-15-16)12-4-3-11(13)5-9(12)6-14/h3-5,7-8H,2,6,14H2,1H3. The molecule has 1 aromatic heterocycles. The first-order valence-electron chi connectivity index (χ1n) is 5.26. The van der Waals surface area contributed by atoms with Crippen LogP contribution in [-0.2, 0) is 13.1 Å². The Morgan fingerprint density at radius 3 is 2.88 bits per heavy atom. The van der Waals surface area contributed by atoms with Crippen LogP contribution in [0.3, 0.4) is 0 Å². The van der Waals surface area contributed by atoms with Crippen molar-refractivity contribution in [1.29, 1.82) is 0 Å². The fraction of sp³-hybridized carbons (Fsp3) is 0.250. The second-order valence-electron chi connectivity index (χ2n) is 3.59. The topological polar surface area (TPSA) is 43.8 Å². The number of hydrogen-bond acceptors (Lipinski definition) is 2. The molecule has 0 saturated heterocycles. The number of hydrogen-bond donors (Lipinski definition) is 1. The van der Waals surface area contributed by atoms with Crippen molar-refractivity contribution in [3.05, 3.63) is 42.0 Å². The summed E-state index contributed by atoms with van der Waals surface area (Å²) in [5, 5.41) is 4.19. The first kappa shape index (κ1) is 10.8. The van der Waals surface area contributed by atoms with Gasteiger partial charge in [-0.15, -0.1) is 0 Å². The predicted molar refractivity (Wildman–Crippen MR) is 61.2 cm³/mol. The Morgan fingerprint density at radius 2 is 2.25 bits per heavy atom. The Bertz CT molecular complexity index is 491. The minimum absolute atomic E-state index is 0.257. The highest BCUT2D eigenvalue weighted by Gasteiger charge is 2.07. The van der Waals surface area contributed by atoms with Gasteiger partial charge in [0.2, 0.25) is 0 Å². The lowest BCUT2D eigenvalue weighted by atomic mass is 10.0. The van der Waals surface area contributed by atoms with E-state index < -0.39 is 0 Å². The summed E-state index contributed by atoms with van der Waals surface area (Å²) in [7, 11) is 0. The summed E-state index contributed by atoms with van der Waals surface area (Å²) < 4.78 is 14.9. The van der Waals surface area contributed by atoms with E-state index in [-0.39, 0.29) is 5.82 Å². The molecule has 0 amide bonds. The highest BCUT2D eigenvalue weighted by Crippen LogP contribution is 2.23. The Balaban J connectivity index is 2.46. The summed E-state index contributed by atoms with van der Waals surface area (Å²) in [6, 6.07) is 4.66. The van der Waals surface area contributed by atoms with Crippen molar-refractivity contribution in [2.24, 2.45) is 5.73 Å². The molecule has 1 heterocycles. The lowest BCUT2D eigenvalue weighted by Crippen LogP contribution is -1.99. The normalized spacial score (nSPS) is 10.7. The van der Waals surface area contributed by atoms with E-state index in [4.69, 9.17) is 5.73 Å². The molecule has 1 aromatic carbocycles. The number of aromatic nitrogens is 2. The van der Waals surface area contributed by atoms with Gasteiger partial charge in [0.1, 0.15) is 5.82 Å². The second kappa shape index (κ2) is 4.45. The zero-order valence-corrected chi connectivity index (χ0v) is 9.15. The molecule has 0 fully saturated rings. The van der Waals surface area contributed by atoms with Gasteiger partial charge in [-0.3, -0.25) is 4.68 Å². The van der Waals surface area contributed by atoms with E-state index >= 15 is 0 Å². The van der Waals surface area contributed by atoms with E-state index in [2.05, 4.69) is 5.10 Å². The Kier molecular flexibility index (Phi) is 3.01. The quantitative estimate of drug-likeness (QED) is 0.859. The summed E-state index contributed by atoms with van der Waals surface area (Å²) in [5.74, 6) is -0.257. The minimum Gasteiger partial charge on any atom is -0.326 e. The number of nitrogens with two attached hydrogens (primary N) is 1. The molecule has 2 rings (SSSR count). The lowest BCUT2D eigenvalue weighted by Gasteiger charge is -2.05. The molecule has 0 spiro atoms. The van der Waals surface area contributed by atoms with Crippen molar-refractivity contribution in [3.63, 3.8) is 0 Å². The molecule has 0 unspecified atom stereocenters. The molecule has 0 bridgehead atoms. The molecule has 84 valence electrons. The molecule has 16 heavy (non-hydrogen) atoms. The molecule has 0 radical (unpaired) electrons. The zero-order valence-electron chi connectivity index (χ0n) is 9.15. The van der Waals surface area contributed by atoms with Gasteiger partial charge < -0.3 is 5.73 Å². The first-order chi connectivity index (χ1) is 7.74. The van der Waals surface area contributed by atoms with Gasteiger partial charge in [0.25, 0.3) is 0 Å². The van der Waals surface area contributed by atoms with Crippen molar-refractivity contribution in [2.75, 3.05) is 0 Å². The van der Waals surface area contributed by atoms with Gasteiger partial charge >= 0.3 is 0 Å². The van der Waals surface area contributed by atoms with E-state index in [1.807, 2.05) is 17.8 Å². The van der Waals surface area contributed by atoms with Crippen molar-refractivity contribution < 1.29 is 4.39 Å². The number of rotatable bonds is 3. The summed E-state index contributed by atoms with van der Waals surface area (Å²) >= 11 is 0. The maximum absolute atomic E-state index is 13.0. The molecule has 0 saturated carbocycles. The summed E-state index contributed by atoms with van der Waals surface area (Å²) in [5.41, 5.74) is 8.33. The molecular weight excluding hydrogens is 205 g/mol. The van der Waals surface area contributed by atoms with Crippen molar-refractivity contribution in [2.45, 2.75) is 20.0 Å². The van der Waals surface area contributed by atoms with Gasteiger partial charge in [-0.1, -0.05) is 6.07 Å². The maximum atomic E-state index is 13.0. The van der Waals surface area contributed by atoms with Crippen LogP contribution >= 0.6 is 0 Å². The van der Waals surface area contributed by atoms with E-state index in [0.29, 0.717) is 6.54 Å². The van der Waals surface area contributed by atoms with Crippen LogP contribution in [0.1, 0.15) is 12.5 Å². The Hall–Kier alpha value is -1.68. The van der Waals surface area contributed by atoms with Crippen LogP contribution in [0.4, 0.5) is 4.39 Å². The maximum Gasteiger partial charge on any atom is 0.123 e. The Morgan fingerprint density at radius 1 is 1.44 bits per heavy atom. The van der Waals surface area contributed by atoms with Crippen LogP contribution in [0.5, 0.6) is 0 Å². The number of aryl methyl sites for hydroxylation is 1. The summed E-state index contributed by atoms with van der Waals surface area (Å²) in [4.78, 5) is 0. The van der Waals surface area contributed by atoms with Crippen LogP contribution in [-0.4, -0.2) is 9.78 Å². The van der Waals surface area contributed by atoms with E-state index in [1.165, 1.54) is 12.1 Å². The van der Waals surface area contributed by atoms with Gasteiger partial charge in [0.05, 0.1) is 6.20 Å². The predicted octanol–water partition coefficient (Wildman–Crippen LogP) is 2.17. The zero-order chi connectivity index (χ0) is 11.5. The molecule has 3 nitrogen and oxygen atoms in total. The third-order valence-corrected chi connectivity index (χ3v) is 2.56. The van der Waals surface area contributed by atoms with E-state index in [1.54, 1.807) is 12.3 Å². The fourth-order valence-corrected chi connectivity index (χ4v) is 1.69. The molecular formula is C12H14FN3. The second-order valence-corrected chi connectivity index (χ2v) is 3.59. The SMILES string of the molecule is CCn1cc(-c2ccc(F)cc2CN)cn1. The molecule has 0 aliphatic rings. The molecule has 4 heteroatoms. The number of benzene rings is 1. The highest BCUT2D eigenvalue weighted by atomic mass is 19.1. The first-order valence-corrected chi connectivity index (χ1v) is 5.26. The largest absolute Gasteiger partial charge is 0.326 e. The smallest absolute Gasteiger partial charge is 0.123 e. The fourth-order valence-electron chi connectivity index (χ4n) is 1.69. The average Bonchev–Trinajstić information content (AvgIpc) is 2.77. The third kappa shape index (κ3) is 1.97. The van der Waals surface area contributed by atoms with E-state index in [0.717, 1.165) is 23.2 Å². The van der Waals surface area contributed by atoms with Crippen LogP contribution in [0.25, 0.3) is 11.1 Å². The Labute approximate surface area is 93.7 Å². The summed E-state index contributed by atoms with van der Waals surface area (Å²) in [6.45, 7) is 3.16. The molecule has 2 aromatic rings. The van der Waals surface area contributed by atoms with Crippen molar-refractivity contribution in [1.82, 2.24) is 9.78 Å². The van der Waals surface area contributed by atoms with Gasteiger partial charge in [0.15, 0.2) is 0 Å². The van der Waals surface area contributed by atoms with Gasteiger partial charge in [-0.05, 0) is 30.2 Å². The molecule has 0 aliphatic heterocycles. The minimum atomic E-state index is -0.257.